The molecule has 1 N–H and O–H groups in total. The largest absolute Gasteiger partial charge is 0.478 e. The second kappa shape index (κ2) is 4.77. The molecule has 1 amide bonds. The lowest BCUT2D eigenvalue weighted by atomic mass is 9.95. The number of piperazine rings is 1. The first-order chi connectivity index (χ1) is 9.26. The standard InChI is InChI=1S/C14H17FN2O3/c1-14(2)13(20)16(3)7-8-17(14)11-9(12(18)19)5-4-6-10(11)15/h4-6H,7-8H2,1-3H3,(H,18,19). The molecule has 0 spiro atoms. The van der Waals surface area contributed by atoms with Crippen molar-refractivity contribution in [1.82, 2.24) is 4.90 Å². The Bertz CT molecular complexity index is 572. The number of para-hydroxylation sites is 1. The smallest absolute Gasteiger partial charge is 0.337 e. The number of carboxylic acid groups (broad SMARTS) is 1. The van der Waals surface area contributed by atoms with Crippen LogP contribution in [0.3, 0.4) is 0 Å². The van der Waals surface area contributed by atoms with Gasteiger partial charge in [-0.1, -0.05) is 6.07 Å². The Morgan fingerprint density at radius 3 is 2.60 bits per heavy atom. The molecule has 5 nitrogen and oxygen atoms in total. The van der Waals surface area contributed by atoms with Crippen LogP contribution in [-0.2, 0) is 4.79 Å². The summed E-state index contributed by atoms with van der Waals surface area (Å²) in [6.07, 6.45) is 0. The van der Waals surface area contributed by atoms with Gasteiger partial charge < -0.3 is 14.9 Å². The third-order valence-corrected chi connectivity index (χ3v) is 3.69. The van der Waals surface area contributed by atoms with Crippen molar-refractivity contribution >= 4 is 17.6 Å². The zero-order valence-electron chi connectivity index (χ0n) is 11.7. The Balaban J connectivity index is 2.57. The van der Waals surface area contributed by atoms with Crippen molar-refractivity contribution in [3.05, 3.63) is 29.6 Å². The van der Waals surface area contributed by atoms with Gasteiger partial charge in [0.25, 0.3) is 0 Å². The fourth-order valence-corrected chi connectivity index (χ4v) is 2.57. The van der Waals surface area contributed by atoms with Crippen LogP contribution in [0, 0.1) is 5.82 Å². The highest BCUT2D eigenvalue weighted by Gasteiger charge is 2.42. The first kappa shape index (κ1) is 14.3. The van der Waals surface area contributed by atoms with Gasteiger partial charge in [0.1, 0.15) is 11.4 Å². The summed E-state index contributed by atoms with van der Waals surface area (Å²) in [5, 5.41) is 9.22. The quantitative estimate of drug-likeness (QED) is 0.893. The van der Waals surface area contributed by atoms with Gasteiger partial charge in [-0.2, -0.15) is 0 Å². The number of aromatic carboxylic acids is 1. The molecule has 1 aliphatic heterocycles. The van der Waals surface area contributed by atoms with Crippen LogP contribution in [0.4, 0.5) is 10.1 Å². The summed E-state index contributed by atoms with van der Waals surface area (Å²) in [7, 11) is 1.68. The Morgan fingerprint density at radius 2 is 2.00 bits per heavy atom. The minimum atomic E-state index is -1.21. The molecule has 0 saturated carbocycles. The summed E-state index contributed by atoms with van der Waals surface area (Å²) in [6, 6.07) is 3.91. The molecule has 1 aliphatic rings. The third kappa shape index (κ3) is 2.11. The molecule has 0 aromatic heterocycles. The summed E-state index contributed by atoms with van der Waals surface area (Å²) >= 11 is 0. The topological polar surface area (TPSA) is 60.9 Å². The number of carboxylic acids is 1. The lowest BCUT2D eigenvalue weighted by Crippen LogP contribution is -2.62. The molecule has 0 radical (unpaired) electrons. The minimum absolute atomic E-state index is 0.0218. The number of rotatable bonds is 2. The number of anilines is 1. The number of carbonyl (C=O) groups is 2. The average molecular weight is 280 g/mol. The number of nitrogens with zero attached hydrogens (tertiary/aromatic N) is 2. The van der Waals surface area contributed by atoms with Crippen molar-refractivity contribution in [3.63, 3.8) is 0 Å². The van der Waals surface area contributed by atoms with Gasteiger partial charge in [0, 0.05) is 20.1 Å². The molecular formula is C14H17FN2O3. The van der Waals surface area contributed by atoms with E-state index in [1.54, 1.807) is 25.8 Å². The number of amides is 1. The first-order valence-electron chi connectivity index (χ1n) is 6.32. The van der Waals surface area contributed by atoms with Crippen molar-refractivity contribution in [2.45, 2.75) is 19.4 Å². The Kier molecular flexibility index (Phi) is 3.41. The van der Waals surface area contributed by atoms with Gasteiger partial charge >= 0.3 is 5.97 Å². The predicted molar refractivity (Wildman–Crippen MR) is 72.4 cm³/mol. The molecule has 1 heterocycles. The molecule has 0 unspecified atom stereocenters. The van der Waals surface area contributed by atoms with E-state index in [-0.39, 0.29) is 17.2 Å². The molecule has 1 saturated heterocycles. The maximum Gasteiger partial charge on any atom is 0.337 e. The van der Waals surface area contributed by atoms with Crippen LogP contribution in [-0.4, -0.2) is 47.6 Å². The zero-order valence-corrected chi connectivity index (χ0v) is 11.7. The lowest BCUT2D eigenvalue weighted by Gasteiger charge is -2.46. The van der Waals surface area contributed by atoms with Crippen LogP contribution >= 0.6 is 0 Å². The fourth-order valence-electron chi connectivity index (χ4n) is 2.57. The number of carbonyl (C=O) groups excluding carboxylic acids is 1. The summed E-state index contributed by atoms with van der Waals surface area (Å²) in [5.41, 5.74) is -1.14. The van der Waals surface area contributed by atoms with Crippen molar-refractivity contribution in [2.24, 2.45) is 0 Å². The summed E-state index contributed by atoms with van der Waals surface area (Å²) in [4.78, 5) is 26.6. The molecule has 20 heavy (non-hydrogen) atoms. The maximum atomic E-state index is 14.1. The van der Waals surface area contributed by atoms with Crippen LogP contribution in [0.15, 0.2) is 18.2 Å². The second-order valence-corrected chi connectivity index (χ2v) is 5.38. The van der Waals surface area contributed by atoms with E-state index < -0.39 is 17.3 Å². The van der Waals surface area contributed by atoms with E-state index >= 15 is 0 Å². The average Bonchev–Trinajstić information content (AvgIpc) is 2.37. The van der Waals surface area contributed by atoms with E-state index in [4.69, 9.17) is 0 Å². The lowest BCUT2D eigenvalue weighted by molar-refractivity contribution is -0.136. The highest BCUT2D eigenvalue weighted by molar-refractivity contribution is 5.97. The number of benzene rings is 1. The van der Waals surface area contributed by atoms with Crippen molar-refractivity contribution in [3.8, 4) is 0 Å². The summed E-state index contributed by atoms with van der Waals surface area (Å²) < 4.78 is 14.1. The number of likely N-dealkylation sites (N-methyl/N-ethyl adjacent to an activating group) is 1. The molecule has 1 fully saturated rings. The van der Waals surface area contributed by atoms with E-state index in [1.165, 1.54) is 23.1 Å². The fraction of sp³-hybridized carbons (Fsp3) is 0.429. The second-order valence-electron chi connectivity index (χ2n) is 5.38. The Hall–Kier alpha value is -2.11. The van der Waals surface area contributed by atoms with E-state index in [1.807, 2.05) is 0 Å². The summed E-state index contributed by atoms with van der Waals surface area (Å²) in [5.74, 6) is -2.00. The van der Waals surface area contributed by atoms with E-state index in [2.05, 4.69) is 0 Å². The van der Waals surface area contributed by atoms with Crippen LogP contribution in [0.25, 0.3) is 0 Å². The Morgan fingerprint density at radius 1 is 1.35 bits per heavy atom. The SMILES string of the molecule is CN1CCN(c2c(F)cccc2C(=O)O)C(C)(C)C1=O. The van der Waals surface area contributed by atoms with Gasteiger partial charge in [-0.15, -0.1) is 0 Å². The van der Waals surface area contributed by atoms with Gasteiger partial charge in [0.05, 0.1) is 11.3 Å². The zero-order chi connectivity index (χ0) is 15.1. The molecule has 0 atom stereocenters. The molecule has 2 rings (SSSR count). The van der Waals surface area contributed by atoms with E-state index in [0.29, 0.717) is 13.1 Å². The van der Waals surface area contributed by atoms with Crippen LogP contribution in [0.2, 0.25) is 0 Å². The van der Waals surface area contributed by atoms with Gasteiger partial charge in [-0.05, 0) is 26.0 Å². The van der Waals surface area contributed by atoms with E-state index in [9.17, 15) is 19.1 Å². The predicted octanol–water partition coefficient (Wildman–Crippen LogP) is 1.58. The highest BCUT2D eigenvalue weighted by atomic mass is 19.1. The number of hydrogen-bond donors (Lipinski definition) is 1. The number of hydrogen-bond acceptors (Lipinski definition) is 3. The molecule has 1 aromatic rings. The van der Waals surface area contributed by atoms with Crippen molar-refractivity contribution < 1.29 is 19.1 Å². The van der Waals surface area contributed by atoms with Crippen LogP contribution in [0.5, 0.6) is 0 Å². The van der Waals surface area contributed by atoms with Crippen LogP contribution < -0.4 is 4.90 Å². The van der Waals surface area contributed by atoms with Crippen LogP contribution in [0.1, 0.15) is 24.2 Å². The molecule has 0 aliphatic carbocycles. The summed E-state index contributed by atoms with van der Waals surface area (Å²) in [6.45, 7) is 4.15. The molecule has 108 valence electrons. The molecule has 0 bridgehead atoms. The highest BCUT2D eigenvalue weighted by Crippen LogP contribution is 2.33. The number of halogens is 1. The van der Waals surface area contributed by atoms with Crippen molar-refractivity contribution in [2.75, 3.05) is 25.0 Å². The van der Waals surface area contributed by atoms with E-state index in [0.717, 1.165) is 0 Å². The minimum Gasteiger partial charge on any atom is -0.478 e. The van der Waals surface area contributed by atoms with Gasteiger partial charge in [0.15, 0.2) is 0 Å². The monoisotopic (exact) mass is 280 g/mol. The molecular weight excluding hydrogens is 263 g/mol. The molecule has 6 heteroatoms. The van der Waals surface area contributed by atoms with Gasteiger partial charge in [-0.3, -0.25) is 4.79 Å². The first-order valence-corrected chi connectivity index (χ1v) is 6.32. The van der Waals surface area contributed by atoms with Gasteiger partial charge in [0.2, 0.25) is 5.91 Å². The Labute approximate surface area is 116 Å². The molecule has 1 aromatic carbocycles. The van der Waals surface area contributed by atoms with Crippen molar-refractivity contribution in [1.29, 1.82) is 0 Å². The normalized spacial score (nSPS) is 18.3. The third-order valence-electron chi connectivity index (χ3n) is 3.69. The van der Waals surface area contributed by atoms with Gasteiger partial charge in [-0.25, -0.2) is 9.18 Å². The maximum absolute atomic E-state index is 14.1.